The first-order valence-electron chi connectivity index (χ1n) is 11.2. The van der Waals surface area contributed by atoms with Gasteiger partial charge in [0.2, 0.25) is 0 Å². The highest BCUT2D eigenvalue weighted by atomic mass is 19.1. The summed E-state index contributed by atoms with van der Waals surface area (Å²) in [5, 5.41) is 1.84. The van der Waals surface area contributed by atoms with Gasteiger partial charge in [-0.2, -0.15) is 0 Å². The fraction of sp³-hybridized carbons (Fsp3) is 0.0714. The van der Waals surface area contributed by atoms with Gasteiger partial charge in [-0.15, -0.1) is 0 Å². The van der Waals surface area contributed by atoms with E-state index in [1.54, 1.807) is 24.4 Å². The number of halogens is 2. The molecule has 164 valence electrons. The third kappa shape index (κ3) is 2.68. The molecule has 6 aromatic rings. The Morgan fingerprint density at radius 1 is 0.824 bits per heavy atom. The fourth-order valence-corrected chi connectivity index (χ4v) is 5.08. The molecule has 2 aromatic carbocycles. The highest BCUT2D eigenvalue weighted by Gasteiger charge is 2.22. The lowest BCUT2D eigenvalue weighted by Crippen LogP contribution is -2.06. The summed E-state index contributed by atoms with van der Waals surface area (Å²) >= 11 is 0. The quantitative estimate of drug-likeness (QED) is 0.287. The van der Waals surface area contributed by atoms with E-state index < -0.39 is 6.17 Å². The lowest BCUT2D eigenvalue weighted by atomic mass is 10.1. The zero-order chi connectivity index (χ0) is 22.8. The minimum atomic E-state index is -1.02. The Bertz CT molecular complexity index is 1820. The molecule has 0 N–H and O–H groups in total. The van der Waals surface area contributed by atoms with E-state index in [-0.39, 0.29) is 5.82 Å². The molecule has 0 fully saturated rings. The van der Waals surface area contributed by atoms with Gasteiger partial charge in [-0.1, -0.05) is 36.4 Å². The number of nitrogens with zero attached hydrogens (tertiary/aromatic N) is 4. The van der Waals surface area contributed by atoms with Gasteiger partial charge in [0.15, 0.2) is 0 Å². The predicted molar refractivity (Wildman–Crippen MR) is 132 cm³/mol. The van der Waals surface area contributed by atoms with E-state index >= 15 is 0 Å². The van der Waals surface area contributed by atoms with Gasteiger partial charge in [0, 0.05) is 29.1 Å². The molecule has 1 atom stereocenters. The van der Waals surface area contributed by atoms with Crippen LogP contribution in [0.4, 0.5) is 8.78 Å². The van der Waals surface area contributed by atoms with Gasteiger partial charge in [0.05, 0.1) is 33.3 Å². The topological polar surface area (TPSA) is 35.6 Å². The molecule has 0 bridgehead atoms. The minimum absolute atomic E-state index is 0.297. The second-order valence-electron chi connectivity index (χ2n) is 8.53. The van der Waals surface area contributed by atoms with Crippen LogP contribution in [0.2, 0.25) is 0 Å². The molecule has 0 spiro atoms. The second kappa shape index (κ2) is 7.09. The van der Waals surface area contributed by atoms with Crippen molar-refractivity contribution in [3.8, 4) is 5.69 Å². The molecule has 0 amide bonds. The first-order valence-corrected chi connectivity index (χ1v) is 11.2. The standard InChI is InChI=1S/C28H18F2N4/c29-17-6-3-8-19(14-17)33-23-11-2-1-10-21(23)27-25(33)16-22-26-24(12-5-13-31-26)34(28(22)32-27)20-9-4-7-18(30)15-20/h1-13,15-17H,14H2. The van der Waals surface area contributed by atoms with Crippen molar-refractivity contribution < 1.29 is 8.78 Å². The van der Waals surface area contributed by atoms with Crippen molar-refractivity contribution in [2.45, 2.75) is 12.6 Å². The number of allylic oxidation sites excluding steroid dienone is 4. The highest BCUT2D eigenvalue weighted by Crippen LogP contribution is 2.38. The maximum atomic E-state index is 14.3. The Labute approximate surface area is 193 Å². The maximum absolute atomic E-state index is 14.3. The van der Waals surface area contributed by atoms with Crippen molar-refractivity contribution in [2.24, 2.45) is 0 Å². The lowest BCUT2D eigenvalue weighted by Gasteiger charge is -2.16. The number of rotatable bonds is 2. The van der Waals surface area contributed by atoms with Crippen LogP contribution in [0.3, 0.4) is 0 Å². The number of hydrogen-bond acceptors (Lipinski definition) is 2. The molecule has 0 saturated carbocycles. The van der Waals surface area contributed by atoms with Crippen LogP contribution >= 0.6 is 0 Å². The van der Waals surface area contributed by atoms with Crippen molar-refractivity contribution in [1.82, 2.24) is 19.1 Å². The number of fused-ring (bicyclic) bond motifs is 6. The molecule has 4 aromatic heterocycles. The summed E-state index contributed by atoms with van der Waals surface area (Å²) in [5.41, 5.74) is 6.59. The largest absolute Gasteiger partial charge is 0.311 e. The Morgan fingerprint density at radius 2 is 1.71 bits per heavy atom. The highest BCUT2D eigenvalue weighted by molar-refractivity contribution is 6.15. The van der Waals surface area contributed by atoms with Gasteiger partial charge >= 0.3 is 0 Å². The van der Waals surface area contributed by atoms with E-state index in [0.717, 1.165) is 44.1 Å². The molecule has 7 rings (SSSR count). The van der Waals surface area contributed by atoms with Crippen molar-refractivity contribution in [2.75, 3.05) is 0 Å². The second-order valence-corrected chi connectivity index (χ2v) is 8.53. The lowest BCUT2D eigenvalue weighted by molar-refractivity contribution is 0.403. The van der Waals surface area contributed by atoms with Crippen LogP contribution in [0.15, 0.2) is 91.2 Å². The van der Waals surface area contributed by atoms with Gasteiger partial charge in [-0.3, -0.25) is 9.55 Å². The first-order chi connectivity index (χ1) is 16.7. The monoisotopic (exact) mass is 448 g/mol. The van der Waals surface area contributed by atoms with Gasteiger partial charge < -0.3 is 4.57 Å². The Morgan fingerprint density at radius 3 is 2.59 bits per heavy atom. The third-order valence-electron chi connectivity index (χ3n) is 6.48. The molecular formula is C28H18F2N4. The summed E-state index contributed by atoms with van der Waals surface area (Å²) in [6.45, 7) is 0. The van der Waals surface area contributed by atoms with Crippen molar-refractivity contribution >= 4 is 49.7 Å². The van der Waals surface area contributed by atoms with E-state index in [2.05, 4.69) is 15.6 Å². The van der Waals surface area contributed by atoms with E-state index in [4.69, 9.17) is 4.98 Å². The molecule has 1 aliphatic carbocycles. The van der Waals surface area contributed by atoms with Crippen LogP contribution in [-0.4, -0.2) is 25.3 Å². The number of para-hydroxylation sites is 1. The van der Waals surface area contributed by atoms with Gasteiger partial charge in [0.25, 0.3) is 0 Å². The maximum Gasteiger partial charge on any atom is 0.148 e. The Kier molecular flexibility index (Phi) is 4.00. The number of pyridine rings is 2. The van der Waals surface area contributed by atoms with Crippen molar-refractivity contribution in [3.63, 3.8) is 0 Å². The smallest absolute Gasteiger partial charge is 0.148 e. The Hall–Kier alpha value is -4.32. The summed E-state index contributed by atoms with van der Waals surface area (Å²) in [4.78, 5) is 9.77. The summed E-state index contributed by atoms with van der Waals surface area (Å²) < 4.78 is 32.5. The number of hydrogen-bond donors (Lipinski definition) is 0. The minimum Gasteiger partial charge on any atom is -0.311 e. The molecular weight excluding hydrogens is 430 g/mol. The molecule has 6 heteroatoms. The van der Waals surface area contributed by atoms with Crippen LogP contribution < -0.4 is 0 Å². The molecule has 0 saturated heterocycles. The molecule has 0 aliphatic heterocycles. The van der Waals surface area contributed by atoms with E-state index in [9.17, 15) is 8.78 Å². The molecule has 4 nitrogen and oxygen atoms in total. The summed E-state index contributed by atoms with van der Waals surface area (Å²) in [5.74, 6) is -0.313. The summed E-state index contributed by atoms with van der Waals surface area (Å²) in [6.07, 6.45) is 6.33. The molecule has 0 radical (unpaired) electrons. The van der Waals surface area contributed by atoms with Crippen molar-refractivity contribution in [1.29, 1.82) is 0 Å². The van der Waals surface area contributed by atoms with Gasteiger partial charge in [-0.25, -0.2) is 13.8 Å². The number of benzene rings is 2. The van der Waals surface area contributed by atoms with Crippen LogP contribution in [0, 0.1) is 5.82 Å². The first kappa shape index (κ1) is 19.2. The fourth-order valence-electron chi connectivity index (χ4n) is 5.08. The van der Waals surface area contributed by atoms with Crippen LogP contribution in [-0.2, 0) is 0 Å². The van der Waals surface area contributed by atoms with Crippen molar-refractivity contribution in [3.05, 3.63) is 97.0 Å². The molecule has 1 unspecified atom stereocenters. The summed E-state index contributed by atoms with van der Waals surface area (Å²) in [6, 6.07) is 20.4. The molecule has 4 heterocycles. The molecule has 34 heavy (non-hydrogen) atoms. The van der Waals surface area contributed by atoms with E-state index in [1.807, 2.05) is 53.1 Å². The average Bonchev–Trinajstić information content (AvgIpc) is 3.35. The average molecular weight is 448 g/mol. The normalized spacial score (nSPS) is 16.2. The third-order valence-corrected chi connectivity index (χ3v) is 6.48. The van der Waals surface area contributed by atoms with Gasteiger partial charge in [0.1, 0.15) is 17.6 Å². The van der Waals surface area contributed by atoms with Gasteiger partial charge in [-0.05, 0) is 48.5 Å². The summed E-state index contributed by atoms with van der Waals surface area (Å²) in [7, 11) is 0. The zero-order valence-electron chi connectivity index (χ0n) is 18.0. The Balaban J connectivity index is 1.65. The number of aromatic nitrogens is 4. The van der Waals surface area contributed by atoms with Crippen LogP contribution in [0.1, 0.15) is 6.42 Å². The van der Waals surface area contributed by atoms with E-state index in [0.29, 0.717) is 17.8 Å². The SMILES string of the molecule is Fc1cccc(-n2c3cccnc3c3cc4c(nc32)c2ccccc2n4C2=CC=CC(F)C2)c1. The molecule has 1 aliphatic rings. The predicted octanol–water partition coefficient (Wildman–Crippen LogP) is 6.96. The van der Waals surface area contributed by atoms with Crippen LogP contribution in [0.5, 0.6) is 0 Å². The van der Waals surface area contributed by atoms with E-state index in [1.165, 1.54) is 12.1 Å². The number of alkyl halides is 1. The van der Waals surface area contributed by atoms with Crippen LogP contribution in [0.25, 0.3) is 55.4 Å². The zero-order valence-corrected chi connectivity index (χ0v) is 18.0.